The molecule has 1 aromatic heterocycles. The highest BCUT2D eigenvalue weighted by Crippen LogP contribution is 2.02. The summed E-state index contributed by atoms with van der Waals surface area (Å²) in [5.41, 5.74) is 5.40. The summed E-state index contributed by atoms with van der Waals surface area (Å²) in [6.07, 6.45) is 0.958. The van der Waals surface area contributed by atoms with E-state index in [0.29, 0.717) is 5.82 Å². The number of rotatable bonds is 6. The Bertz CT molecular complexity index is 249. The van der Waals surface area contributed by atoms with Gasteiger partial charge in [0.25, 0.3) is 0 Å². The minimum absolute atomic E-state index is 0.435. The van der Waals surface area contributed by atoms with Gasteiger partial charge in [0, 0.05) is 19.8 Å². The molecule has 0 saturated carbocycles. The summed E-state index contributed by atoms with van der Waals surface area (Å²) in [6, 6.07) is 3.53. The van der Waals surface area contributed by atoms with Gasteiger partial charge in [0.05, 0.1) is 0 Å². The van der Waals surface area contributed by atoms with Crippen LogP contribution in [0.3, 0.4) is 0 Å². The lowest BCUT2D eigenvalue weighted by Crippen LogP contribution is -2.07. The highest BCUT2D eigenvalue weighted by Gasteiger charge is 1.93. The van der Waals surface area contributed by atoms with Crippen LogP contribution in [0.4, 0.5) is 11.6 Å². The number of ether oxygens (including phenoxy) is 1. The Balaban J connectivity index is 2.15. The fourth-order valence-electron chi connectivity index (χ4n) is 0.972. The molecule has 0 saturated heterocycles. The van der Waals surface area contributed by atoms with Crippen LogP contribution in [-0.4, -0.2) is 30.0 Å². The van der Waals surface area contributed by atoms with Crippen molar-refractivity contribution in [3.05, 3.63) is 12.1 Å². The molecule has 0 unspecified atom stereocenters. The van der Waals surface area contributed by atoms with Crippen molar-refractivity contribution in [1.29, 1.82) is 0 Å². The Labute approximate surface area is 83.7 Å². The number of hydrogen-bond donors (Lipinski definition) is 2. The second-order valence-corrected chi connectivity index (χ2v) is 2.82. The van der Waals surface area contributed by atoms with Gasteiger partial charge in [-0.2, -0.15) is 0 Å². The highest BCUT2D eigenvalue weighted by atomic mass is 16.5. The molecule has 1 heterocycles. The molecule has 0 amide bonds. The topological polar surface area (TPSA) is 73.1 Å². The number of hydrogen-bond acceptors (Lipinski definition) is 5. The van der Waals surface area contributed by atoms with Crippen LogP contribution in [-0.2, 0) is 4.74 Å². The summed E-state index contributed by atoms with van der Waals surface area (Å²) >= 11 is 0. The number of nitrogens with one attached hydrogen (secondary N) is 1. The monoisotopic (exact) mass is 196 g/mol. The quantitative estimate of drug-likeness (QED) is 0.661. The van der Waals surface area contributed by atoms with E-state index in [0.717, 1.165) is 32.0 Å². The maximum absolute atomic E-state index is 5.40. The predicted octanol–water partition coefficient (Wildman–Crippen LogP) is 0.897. The molecule has 0 bridgehead atoms. The molecule has 0 aliphatic heterocycles. The molecule has 78 valence electrons. The largest absolute Gasteiger partial charge is 0.382 e. The lowest BCUT2D eigenvalue weighted by Gasteiger charge is -2.04. The molecule has 0 aliphatic carbocycles. The first-order valence-electron chi connectivity index (χ1n) is 4.73. The van der Waals surface area contributed by atoms with Gasteiger partial charge in [-0.3, -0.25) is 0 Å². The van der Waals surface area contributed by atoms with Gasteiger partial charge in [-0.25, -0.2) is 0 Å². The summed E-state index contributed by atoms with van der Waals surface area (Å²) in [6.45, 7) is 4.35. The standard InChI is InChI=1S/C9H16N4O/c1-2-14-7-3-6-11-9-5-4-8(10)12-13-9/h4-5H,2-3,6-7H2,1H3,(H2,10,12)(H,11,13). The van der Waals surface area contributed by atoms with Gasteiger partial charge in [0.2, 0.25) is 0 Å². The van der Waals surface area contributed by atoms with Gasteiger partial charge in [-0.05, 0) is 25.5 Å². The summed E-state index contributed by atoms with van der Waals surface area (Å²) in [5, 5.41) is 10.7. The first kappa shape index (κ1) is 10.7. The van der Waals surface area contributed by atoms with E-state index in [1.165, 1.54) is 0 Å². The van der Waals surface area contributed by atoms with Crippen molar-refractivity contribution in [2.75, 3.05) is 30.8 Å². The van der Waals surface area contributed by atoms with E-state index in [1.807, 2.05) is 13.0 Å². The van der Waals surface area contributed by atoms with Crippen LogP contribution >= 0.6 is 0 Å². The fraction of sp³-hybridized carbons (Fsp3) is 0.556. The first-order chi connectivity index (χ1) is 6.83. The van der Waals surface area contributed by atoms with Crippen molar-refractivity contribution in [3.8, 4) is 0 Å². The van der Waals surface area contributed by atoms with E-state index in [4.69, 9.17) is 10.5 Å². The Morgan fingerprint density at radius 1 is 1.43 bits per heavy atom. The number of nitrogen functional groups attached to an aromatic ring is 1. The summed E-state index contributed by atoms with van der Waals surface area (Å²) in [7, 11) is 0. The SMILES string of the molecule is CCOCCCNc1ccc(N)nn1. The van der Waals surface area contributed by atoms with Crippen molar-refractivity contribution >= 4 is 11.6 Å². The van der Waals surface area contributed by atoms with Gasteiger partial charge < -0.3 is 15.8 Å². The van der Waals surface area contributed by atoms with Crippen molar-refractivity contribution in [2.24, 2.45) is 0 Å². The maximum Gasteiger partial charge on any atom is 0.148 e. The van der Waals surface area contributed by atoms with Crippen LogP contribution in [0, 0.1) is 0 Å². The summed E-state index contributed by atoms with van der Waals surface area (Å²) < 4.78 is 5.19. The third-order valence-electron chi connectivity index (χ3n) is 1.66. The smallest absolute Gasteiger partial charge is 0.148 e. The first-order valence-corrected chi connectivity index (χ1v) is 4.73. The highest BCUT2D eigenvalue weighted by molar-refractivity contribution is 5.38. The predicted molar refractivity (Wildman–Crippen MR) is 56.0 cm³/mol. The third kappa shape index (κ3) is 4.04. The molecule has 5 heteroatoms. The zero-order valence-electron chi connectivity index (χ0n) is 8.36. The molecular formula is C9H16N4O. The molecule has 5 nitrogen and oxygen atoms in total. The van der Waals surface area contributed by atoms with Crippen molar-refractivity contribution < 1.29 is 4.74 Å². The minimum Gasteiger partial charge on any atom is -0.382 e. The lowest BCUT2D eigenvalue weighted by molar-refractivity contribution is 0.147. The third-order valence-corrected chi connectivity index (χ3v) is 1.66. The molecule has 0 radical (unpaired) electrons. The van der Waals surface area contributed by atoms with Gasteiger partial charge in [0.1, 0.15) is 11.6 Å². The molecule has 14 heavy (non-hydrogen) atoms. The van der Waals surface area contributed by atoms with Crippen LogP contribution in [0.25, 0.3) is 0 Å². The zero-order chi connectivity index (χ0) is 10.2. The van der Waals surface area contributed by atoms with Crippen molar-refractivity contribution in [1.82, 2.24) is 10.2 Å². The van der Waals surface area contributed by atoms with E-state index >= 15 is 0 Å². The Morgan fingerprint density at radius 3 is 2.93 bits per heavy atom. The van der Waals surface area contributed by atoms with E-state index in [-0.39, 0.29) is 0 Å². The van der Waals surface area contributed by atoms with Gasteiger partial charge >= 0.3 is 0 Å². The molecule has 1 rings (SSSR count). The van der Waals surface area contributed by atoms with Crippen LogP contribution in [0.1, 0.15) is 13.3 Å². The molecule has 0 spiro atoms. The van der Waals surface area contributed by atoms with Crippen molar-refractivity contribution in [2.45, 2.75) is 13.3 Å². The Hall–Kier alpha value is -1.36. The number of anilines is 2. The molecule has 0 atom stereocenters. The molecule has 1 aromatic rings. The van der Waals surface area contributed by atoms with E-state index in [9.17, 15) is 0 Å². The zero-order valence-corrected chi connectivity index (χ0v) is 8.36. The van der Waals surface area contributed by atoms with Crippen LogP contribution in [0.15, 0.2) is 12.1 Å². The maximum atomic E-state index is 5.40. The van der Waals surface area contributed by atoms with E-state index in [2.05, 4.69) is 15.5 Å². The van der Waals surface area contributed by atoms with Crippen LogP contribution < -0.4 is 11.1 Å². The number of aromatic nitrogens is 2. The molecule has 0 aliphatic rings. The Kier molecular flexibility index (Phi) is 4.71. The average Bonchev–Trinajstić information content (AvgIpc) is 2.21. The lowest BCUT2D eigenvalue weighted by atomic mass is 10.4. The second-order valence-electron chi connectivity index (χ2n) is 2.82. The average molecular weight is 196 g/mol. The van der Waals surface area contributed by atoms with Gasteiger partial charge in [-0.1, -0.05) is 0 Å². The fourth-order valence-corrected chi connectivity index (χ4v) is 0.972. The van der Waals surface area contributed by atoms with Crippen LogP contribution in [0.2, 0.25) is 0 Å². The number of nitrogens with two attached hydrogens (primary N) is 1. The Morgan fingerprint density at radius 2 is 2.29 bits per heavy atom. The molecular weight excluding hydrogens is 180 g/mol. The van der Waals surface area contributed by atoms with E-state index in [1.54, 1.807) is 6.07 Å². The second kappa shape index (κ2) is 6.15. The molecule has 3 N–H and O–H groups in total. The summed E-state index contributed by atoms with van der Waals surface area (Å²) in [4.78, 5) is 0. The molecule has 0 aromatic carbocycles. The van der Waals surface area contributed by atoms with Gasteiger partial charge in [-0.15, -0.1) is 10.2 Å². The number of nitrogens with zero attached hydrogens (tertiary/aromatic N) is 2. The summed E-state index contributed by atoms with van der Waals surface area (Å²) in [5.74, 6) is 1.18. The normalized spacial score (nSPS) is 10.1. The van der Waals surface area contributed by atoms with Crippen LogP contribution in [0.5, 0.6) is 0 Å². The van der Waals surface area contributed by atoms with Crippen molar-refractivity contribution in [3.63, 3.8) is 0 Å². The van der Waals surface area contributed by atoms with Gasteiger partial charge in [0.15, 0.2) is 0 Å². The van der Waals surface area contributed by atoms with E-state index < -0.39 is 0 Å². The molecule has 0 fully saturated rings. The minimum atomic E-state index is 0.435.